The van der Waals surface area contributed by atoms with Crippen LogP contribution in [0.1, 0.15) is 38.7 Å². The highest BCUT2D eigenvalue weighted by atomic mass is 32.2. The Morgan fingerprint density at radius 1 is 0.778 bits per heavy atom. The predicted molar refractivity (Wildman–Crippen MR) is 169 cm³/mol. The van der Waals surface area contributed by atoms with E-state index in [1.165, 1.54) is 60.7 Å². The molecule has 238 valence electrons. The van der Waals surface area contributed by atoms with Crippen LogP contribution in [0.25, 0.3) is 6.08 Å². The van der Waals surface area contributed by atoms with Crippen molar-refractivity contribution < 1.29 is 41.7 Å². The summed E-state index contributed by atoms with van der Waals surface area (Å²) in [5, 5.41) is 0. The highest BCUT2D eigenvalue weighted by molar-refractivity contribution is 7.91. The Balaban J connectivity index is 1.19. The van der Waals surface area contributed by atoms with Gasteiger partial charge in [0.2, 0.25) is 9.84 Å². The molecule has 0 saturated carbocycles. The highest BCUT2D eigenvalue weighted by Crippen LogP contribution is 2.31. The molecular weight excluding hydrogens is 596 g/mol. The largest absolute Gasteiger partial charge is 0.494 e. The van der Waals surface area contributed by atoms with Gasteiger partial charge in [-0.3, -0.25) is 0 Å². The van der Waals surface area contributed by atoms with Gasteiger partial charge in [0, 0.05) is 24.2 Å². The summed E-state index contributed by atoms with van der Waals surface area (Å²) < 4.78 is 53.3. The molecule has 0 amide bonds. The number of sulfone groups is 1. The fourth-order valence-corrected chi connectivity index (χ4v) is 5.61. The number of ether oxygens (including phenoxy) is 5. The van der Waals surface area contributed by atoms with Crippen LogP contribution in [0.2, 0.25) is 0 Å². The molecule has 4 rings (SSSR count). The minimum absolute atomic E-state index is 0.0246. The maximum atomic E-state index is 13.0. The van der Waals surface area contributed by atoms with Gasteiger partial charge < -0.3 is 23.7 Å². The molecule has 0 aromatic heterocycles. The Labute approximate surface area is 264 Å². The zero-order valence-electron chi connectivity index (χ0n) is 25.5. The van der Waals surface area contributed by atoms with Crippen LogP contribution in [-0.2, 0) is 28.9 Å². The molecule has 0 spiro atoms. The molecule has 1 saturated heterocycles. The summed E-state index contributed by atoms with van der Waals surface area (Å²) in [5.41, 5.74) is 1.01. The molecule has 3 aromatic carbocycles. The number of carbonyl (C=O) groups is 2. The number of unbranched alkanes of at least 4 members (excludes halogenated alkanes) is 1. The van der Waals surface area contributed by atoms with Gasteiger partial charge in [-0.2, -0.15) is 0 Å². The van der Waals surface area contributed by atoms with Crippen LogP contribution < -0.4 is 14.2 Å². The molecule has 10 heteroatoms. The molecular formula is C35H38O9S. The zero-order chi connectivity index (χ0) is 32.1. The Hall–Kier alpha value is -4.25. The van der Waals surface area contributed by atoms with Crippen LogP contribution in [0.15, 0.2) is 101 Å². The van der Waals surface area contributed by atoms with Gasteiger partial charge in [0.25, 0.3) is 0 Å². The van der Waals surface area contributed by atoms with Gasteiger partial charge in [0.1, 0.15) is 17.2 Å². The van der Waals surface area contributed by atoms with Gasteiger partial charge >= 0.3 is 11.9 Å². The SMILES string of the molecule is C/C=C/C(=O)Oc1ccc(S(=O)(=O)c2ccc(OC(=O)/C=C/c3ccc(OCCCCOCC4(CC)COC4)cc3)cc2)cc1. The van der Waals surface area contributed by atoms with E-state index >= 15 is 0 Å². The maximum Gasteiger partial charge on any atom is 0.336 e. The Bertz CT molecular complexity index is 1560. The molecule has 45 heavy (non-hydrogen) atoms. The van der Waals surface area contributed by atoms with E-state index in [1.807, 2.05) is 24.3 Å². The zero-order valence-corrected chi connectivity index (χ0v) is 26.3. The van der Waals surface area contributed by atoms with Crippen LogP contribution >= 0.6 is 0 Å². The fraction of sp³-hybridized carbons (Fsp3) is 0.314. The van der Waals surface area contributed by atoms with Crippen molar-refractivity contribution in [1.82, 2.24) is 0 Å². The standard InChI is InChI=1S/C35H38O9S/c1-3-7-33(36)43-29-13-17-31(18-14-29)45(38,39)32-19-15-30(16-20-32)44-34(37)21-10-27-8-11-28(12-9-27)42-23-6-5-22-40-24-35(4-2)25-41-26-35/h3,7-21H,4-6,22-26H2,1-2H3/b7-3+,21-10+. The number of esters is 2. The van der Waals surface area contributed by atoms with Crippen LogP contribution in [0, 0.1) is 5.41 Å². The van der Waals surface area contributed by atoms with E-state index in [9.17, 15) is 18.0 Å². The van der Waals surface area contributed by atoms with Gasteiger partial charge in [0.15, 0.2) is 0 Å². The average Bonchev–Trinajstić information content (AvgIpc) is 3.02. The van der Waals surface area contributed by atoms with Crippen molar-refractivity contribution in [2.24, 2.45) is 5.41 Å². The van der Waals surface area contributed by atoms with Crippen molar-refractivity contribution in [3.8, 4) is 17.2 Å². The second-order valence-corrected chi connectivity index (χ2v) is 12.6. The van der Waals surface area contributed by atoms with Gasteiger partial charge in [-0.25, -0.2) is 18.0 Å². The van der Waals surface area contributed by atoms with Crippen LogP contribution in [0.3, 0.4) is 0 Å². The van der Waals surface area contributed by atoms with E-state index in [0.29, 0.717) is 13.2 Å². The number of hydrogen-bond donors (Lipinski definition) is 0. The van der Waals surface area contributed by atoms with Gasteiger partial charge in [-0.15, -0.1) is 0 Å². The number of hydrogen-bond acceptors (Lipinski definition) is 9. The number of rotatable bonds is 16. The monoisotopic (exact) mass is 634 g/mol. The first-order valence-corrected chi connectivity index (χ1v) is 16.3. The fourth-order valence-electron chi connectivity index (χ4n) is 4.35. The summed E-state index contributed by atoms with van der Waals surface area (Å²) in [6.07, 6.45) is 8.61. The lowest BCUT2D eigenvalue weighted by atomic mass is 9.84. The summed E-state index contributed by atoms with van der Waals surface area (Å²) in [7, 11) is -3.83. The molecule has 0 aliphatic carbocycles. The molecule has 1 aliphatic heterocycles. The molecule has 0 N–H and O–H groups in total. The van der Waals surface area contributed by atoms with Crippen molar-refractivity contribution in [3.05, 3.63) is 96.6 Å². The Morgan fingerprint density at radius 2 is 1.31 bits per heavy atom. The van der Waals surface area contributed by atoms with E-state index in [-0.39, 0.29) is 26.7 Å². The molecule has 0 unspecified atom stereocenters. The lowest BCUT2D eigenvalue weighted by Gasteiger charge is -2.40. The molecule has 0 radical (unpaired) electrons. The average molecular weight is 635 g/mol. The number of allylic oxidation sites excluding steroid dienone is 1. The number of benzene rings is 3. The van der Waals surface area contributed by atoms with Crippen molar-refractivity contribution in [2.75, 3.05) is 33.0 Å². The van der Waals surface area contributed by atoms with E-state index in [2.05, 4.69) is 6.92 Å². The van der Waals surface area contributed by atoms with E-state index in [0.717, 1.165) is 50.4 Å². The van der Waals surface area contributed by atoms with Crippen LogP contribution in [-0.4, -0.2) is 53.4 Å². The summed E-state index contributed by atoms with van der Waals surface area (Å²) in [4.78, 5) is 24.0. The van der Waals surface area contributed by atoms with Gasteiger partial charge in [-0.1, -0.05) is 25.1 Å². The number of carbonyl (C=O) groups excluding carboxylic acids is 2. The molecule has 0 bridgehead atoms. The van der Waals surface area contributed by atoms with Crippen LogP contribution in [0.4, 0.5) is 0 Å². The quantitative estimate of drug-likeness (QED) is 0.0784. The van der Waals surface area contributed by atoms with Crippen molar-refractivity contribution in [3.63, 3.8) is 0 Å². The molecule has 1 heterocycles. The van der Waals surface area contributed by atoms with E-state index in [1.54, 1.807) is 19.1 Å². The topological polar surface area (TPSA) is 114 Å². The minimum atomic E-state index is -3.83. The Morgan fingerprint density at radius 3 is 1.82 bits per heavy atom. The van der Waals surface area contributed by atoms with Crippen LogP contribution in [0.5, 0.6) is 17.2 Å². The normalized spacial score (nSPS) is 14.3. The van der Waals surface area contributed by atoms with E-state index in [4.69, 9.17) is 23.7 Å². The summed E-state index contributed by atoms with van der Waals surface area (Å²) >= 11 is 0. The maximum absolute atomic E-state index is 13.0. The predicted octanol–water partition coefficient (Wildman–Crippen LogP) is 6.22. The molecule has 1 fully saturated rings. The smallest absolute Gasteiger partial charge is 0.336 e. The second-order valence-electron chi connectivity index (χ2n) is 10.6. The van der Waals surface area contributed by atoms with E-state index < -0.39 is 21.8 Å². The summed E-state index contributed by atoms with van der Waals surface area (Å²) in [6, 6.07) is 18.4. The lowest BCUT2D eigenvalue weighted by Crippen LogP contribution is -2.45. The molecule has 0 atom stereocenters. The first-order valence-electron chi connectivity index (χ1n) is 14.8. The van der Waals surface area contributed by atoms with Gasteiger partial charge in [0.05, 0.1) is 36.2 Å². The Kier molecular flexibility index (Phi) is 12.1. The first kappa shape index (κ1) is 33.6. The third-order valence-electron chi connectivity index (χ3n) is 7.23. The highest BCUT2D eigenvalue weighted by Gasteiger charge is 2.36. The lowest BCUT2D eigenvalue weighted by molar-refractivity contribution is -0.150. The minimum Gasteiger partial charge on any atom is -0.494 e. The third-order valence-corrected chi connectivity index (χ3v) is 9.01. The summed E-state index contributed by atoms with van der Waals surface area (Å²) in [5.74, 6) is 0.00685. The molecule has 1 aliphatic rings. The summed E-state index contributed by atoms with van der Waals surface area (Å²) in [6.45, 7) is 7.49. The van der Waals surface area contributed by atoms with Crippen molar-refractivity contribution in [1.29, 1.82) is 0 Å². The third kappa shape index (κ3) is 9.87. The van der Waals surface area contributed by atoms with Crippen molar-refractivity contribution in [2.45, 2.75) is 42.9 Å². The van der Waals surface area contributed by atoms with Crippen molar-refractivity contribution >= 4 is 27.9 Å². The first-order chi connectivity index (χ1) is 21.7. The molecule has 3 aromatic rings. The second kappa shape index (κ2) is 16.2. The molecule has 9 nitrogen and oxygen atoms in total. The van der Waals surface area contributed by atoms with Gasteiger partial charge in [-0.05, 0) is 98.5 Å².